The molecule has 0 bridgehead atoms. The van der Waals surface area contributed by atoms with E-state index >= 15 is 0 Å². The van der Waals surface area contributed by atoms with E-state index in [1.165, 1.54) is 25.9 Å². The van der Waals surface area contributed by atoms with E-state index in [2.05, 4.69) is 6.58 Å². The Morgan fingerprint density at radius 1 is 0.771 bits per heavy atom. The lowest BCUT2D eigenvalue weighted by molar-refractivity contribution is 0.0963. The summed E-state index contributed by atoms with van der Waals surface area (Å²) in [5, 5.41) is 0.736. The van der Waals surface area contributed by atoms with E-state index in [1.54, 1.807) is 49.7 Å². The quantitative estimate of drug-likeness (QED) is 0.258. The van der Waals surface area contributed by atoms with Crippen molar-refractivity contribution < 1.29 is 28.5 Å². The summed E-state index contributed by atoms with van der Waals surface area (Å²) >= 11 is 0. The minimum absolute atomic E-state index is 0.233. The maximum atomic E-state index is 13.5. The molecule has 0 aliphatic carbocycles. The molecule has 7 heteroatoms. The van der Waals surface area contributed by atoms with E-state index in [1.807, 2.05) is 24.3 Å². The van der Waals surface area contributed by atoms with Gasteiger partial charge in [0.2, 0.25) is 5.75 Å². The zero-order valence-electron chi connectivity index (χ0n) is 20.0. The minimum atomic E-state index is -0.330. The fraction of sp³-hybridized carbons (Fsp3) is 0.143. The van der Waals surface area contributed by atoms with Crippen molar-refractivity contribution in [1.82, 2.24) is 4.57 Å². The molecule has 7 nitrogen and oxygen atoms in total. The number of hydrogen-bond acceptors (Lipinski definition) is 6. The fourth-order valence-corrected chi connectivity index (χ4v) is 3.97. The van der Waals surface area contributed by atoms with Crippen LogP contribution in [0.2, 0.25) is 0 Å². The number of carbonyl (C=O) groups excluding carboxylic acids is 2. The summed E-state index contributed by atoms with van der Waals surface area (Å²) in [6.07, 6.45) is 1.65. The molecule has 0 saturated heterocycles. The minimum Gasteiger partial charge on any atom is -0.497 e. The van der Waals surface area contributed by atoms with Gasteiger partial charge in [-0.15, -0.1) is 0 Å². The summed E-state index contributed by atoms with van der Waals surface area (Å²) in [5.74, 6) is 1.20. The SMILES string of the molecule is C=C(C(=O)c1cc(OC)c(OC)c(OC)c1)c1cn(C(=O)c2ccc(OC)cc2)c2ccccc12. The van der Waals surface area contributed by atoms with Gasteiger partial charge in [-0.2, -0.15) is 0 Å². The molecule has 1 aromatic heterocycles. The van der Waals surface area contributed by atoms with Crippen molar-refractivity contribution in [3.8, 4) is 23.0 Å². The maximum absolute atomic E-state index is 13.5. The number of fused-ring (bicyclic) bond motifs is 1. The molecule has 0 amide bonds. The highest BCUT2D eigenvalue weighted by molar-refractivity contribution is 6.31. The third-order valence-corrected chi connectivity index (χ3v) is 5.79. The average Bonchev–Trinajstić information content (AvgIpc) is 3.30. The van der Waals surface area contributed by atoms with Crippen molar-refractivity contribution in [2.24, 2.45) is 0 Å². The molecule has 4 aromatic rings. The maximum Gasteiger partial charge on any atom is 0.262 e. The van der Waals surface area contributed by atoms with Gasteiger partial charge in [-0.05, 0) is 42.5 Å². The second kappa shape index (κ2) is 9.77. The van der Waals surface area contributed by atoms with Crippen molar-refractivity contribution in [2.45, 2.75) is 0 Å². The lowest BCUT2D eigenvalue weighted by Gasteiger charge is -2.14. The summed E-state index contributed by atoms with van der Waals surface area (Å²) in [7, 11) is 6.03. The van der Waals surface area contributed by atoms with Crippen LogP contribution in [0.3, 0.4) is 0 Å². The number of methoxy groups -OCH3 is 4. The monoisotopic (exact) mass is 471 g/mol. The zero-order valence-corrected chi connectivity index (χ0v) is 20.0. The number of aromatic nitrogens is 1. The number of rotatable bonds is 8. The topological polar surface area (TPSA) is 76.0 Å². The van der Waals surface area contributed by atoms with Gasteiger partial charge < -0.3 is 18.9 Å². The Labute approximate surface area is 203 Å². The molecule has 0 spiro atoms. The summed E-state index contributed by atoms with van der Waals surface area (Å²) in [5.41, 5.74) is 2.27. The van der Waals surface area contributed by atoms with Gasteiger partial charge in [0.1, 0.15) is 5.75 Å². The molecule has 0 fully saturated rings. The molecule has 178 valence electrons. The number of allylic oxidation sites excluding steroid dienone is 1. The fourth-order valence-electron chi connectivity index (χ4n) is 3.97. The first-order valence-electron chi connectivity index (χ1n) is 10.8. The number of ketones is 1. The van der Waals surface area contributed by atoms with Crippen LogP contribution in [0.15, 0.2) is 73.4 Å². The molecule has 1 heterocycles. The van der Waals surface area contributed by atoms with E-state index in [0.29, 0.717) is 45.2 Å². The molecule has 35 heavy (non-hydrogen) atoms. The molecule has 0 aliphatic heterocycles. The molecule has 3 aromatic carbocycles. The van der Waals surface area contributed by atoms with Gasteiger partial charge in [-0.1, -0.05) is 24.8 Å². The van der Waals surface area contributed by atoms with Crippen molar-refractivity contribution in [3.05, 3.63) is 90.1 Å². The molecule has 0 radical (unpaired) electrons. The largest absolute Gasteiger partial charge is 0.497 e. The summed E-state index contributed by atoms with van der Waals surface area (Å²) in [4.78, 5) is 26.8. The molecule has 4 rings (SSSR count). The molecule has 0 saturated carbocycles. The first-order valence-corrected chi connectivity index (χ1v) is 10.8. The second-order valence-corrected chi connectivity index (χ2v) is 7.69. The number of ether oxygens (including phenoxy) is 4. The predicted octanol–water partition coefficient (Wildman–Crippen LogP) is 5.26. The van der Waals surface area contributed by atoms with Gasteiger partial charge in [-0.25, -0.2) is 0 Å². The predicted molar refractivity (Wildman–Crippen MR) is 134 cm³/mol. The smallest absolute Gasteiger partial charge is 0.262 e. The standard InChI is InChI=1S/C28H25NO6/c1-17(26(30)19-14-24(33-3)27(35-5)25(15-19)34-4)22-16-29(23-9-7-6-8-21(22)23)28(31)18-10-12-20(32-2)13-11-18/h6-16H,1H2,2-5H3. The van der Waals surface area contributed by atoms with Crippen LogP contribution >= 0.6 is 0 Å². The number of nitrogens with zero attached hydrogens (tertiary/aromatic N) is 1. The highest BCUT2D eigenvalue weighted by Crippen LogP contribution is 2.39. The van der Waals surface area contributed by atoms with Gasteiger partial charge in [0.05, 0.1) is 34.0 Å². The number of para-hydroxylation sites is 1. The summed E-state index contributed by atoms with van der Waals surface area (Å²) in [6, 6.07) is 17.4. The number of hydrogen-bond donors (Lipinski definition) is 0. The lowest BCUT2D eigenvalue weighted by atomic mass is 9.97. The van der Waals surface area contributed by atoms with Crippen LogP contribution in [0.1, 0.15) is 26.3 Å². The Morgan fingerprint density at radius 2 is 1.40 bits per heavy atom. The number of Topliss-reactive ketones (excluding diaryl/α,β-unsaturated/α-hetero) is 1. The Balaban J connectivity index is 1.77. The van der Waals surface area contributed by atoms with Gasteiger partial charge in [0.15, 0.2) is 17.3 Å². The number of carbonyl (C=O) groups is 2. The normalized spacial score (nSPS) is 10.6. The zero-order chi connectivity index (χ0) is 25.1. The summed E-state index contributed by atoms with van der Waals surface area (Å²) < 4.78 is 22.8. The van der Waals surface area contributed by atoms with Gasteiger partial charge in [0.25, 0.3) is 5.91 Å². The van der Waals surface area contributed by atoms with Crippen LogP contribution < -0.4 is 18.9 Å². The van der Waals surface area contributed by atoms with Crippen LogP contribution in [0.25, 0.3) is 16.5 Å². The van der Waals surface area contributed by atoms with Crippen LogP contribution in [0, 0.1) is 0 Å². The van der Waals surface area contributed by atoms with Gasteiger partial charge in [-0.3, -0.25) is 14.2 Å². The third kappa shape index (κ3) is 4.24. The molecule has 0 aliphatic rings. The number of benzene rings is 3. The third-order valence-electron chi connectivity index (χ3n) is 5.79. The summed E-state index contributed by atoms with van der Waals surface area (Å²) in [6.45, 7) is 4.07. The van der Waals surface area contributed by atoms with E-state index < -0.39 is 0 Å². The van der Waals surface area contributed by atoms with E-state index in [9.17, 15) is 9.59 Å². The van der Waals surface area contributed by atoms with Crippen molar-refractivity contribution >= 4 is 28.2 Å². The molecular formula is C28H25NO6. The first-order chi connectivity index (χ1) is 16.9. The van der Waals surface area contributed by atoms with Crippen LogP contribution in [-0.4, -0.2) is 44.7 Å². The first kappa shape index (κ1) is 23.6. The van der Waals surface area contributed by atoms with Crippen molar-refractivity contribution in [1.29, 1.82) is 0 Å². The van der Waals surface area contributed by atoms with Gasteiger partial charge >= 0.3 is 0 Å². The molecule has 0 unspecified atom stereocenters. The Hall–Kier alpha value is -4.52. The van der Waals surface area contributed by atoms with Crippen LogP contribution in [0.5, 0.6) is 23.0 Å². The molecule has 0 atom stereocenters. The Morgan fingerprint density at radius 3 is 1.97 bits per heavy atom. The van der Waals surface area contributed by atoms with Crippen molar-refractivity contribution in [2.75, 3.05) is 28.4 Å². The van der Waals surface area contributed by atoms with E-state index in [-0.39, 0.29) is 17.3 Å². The lowest BCUT2D eigenvalue weighted by Crippen LogP contribution is -2.10. The van der Waals surface area contributed by atoms with Crippen molar-refractivity contribution in [3.63, 3.8) is 0 Å². The van der Waals surface area contributed by atoms with Crippen LogP contribution in [0.4, 0.5) is 0 Å². The highest BCUT2D eigenvalue weighted by Gasteiger charge is 2.23. The Bertz CT molecular complexity index is 1410. The molecule has 0 N–H and O–H groups in total. The average molecular weight is 472 g/mol. The van der Waals surface area contributed by atoms with E-state index in [0.717, 1.165) is 5.39 Å². The second-order valence-electron chi connectivity index (χ2n) is 7.69. The molecular weight excluding hydrogens is 446 g/mol. The highest BCUT2D eigenvalue weighted by atomic mass is 16.5. The Kier molecular flexibility index (Phi) is 6.59. The van der Waals surface area contributed by atoms with E-state index in [4.69, 9.17) is 18.9 Å². The van der Waals surface area contributed by atoms with Crippen LogP contribution in [-0.2, 0) is 0 Å². The van der Waals surface area contributed by atoms with Gasteiger partial charge in [0, 0.05) is 33.8 Å².